The van der Waals surface area contributed by atoms with Crippen LogP contribution >= 0.6 is 0 Å². The average molecular weight is 378 g/mol. The van der Waals surface area contributed by atoms with Gasteiger partial charge in [-0.15, -0.1) is 0 Å². The molecule has 0 aliphatic carbocycles. The van der Waals surface area contributed by atoms with Crippen LogP contribution in [0.3, 0.4) is 0 Å². The highest BCUT2D eigenvalue weighted by Gasteiger charge is 2.15. The largest absolute Gasteiger partial charge is 0.454 e. The van der Waals surface area contributed by atoms with Gasteiger partial charge in [-0.05, 0) is 35.9 Å². The summed E-state index contributed by atoms with van der Waals surface area (Å²) >= 11 is 0. The van der Waals surface area contributed by atoms with Crippen molar-refractivity contribution < 1.29 is 14.2 Å². The van der Waals surface area contributed by atoms with Crippen molar-refractivity contribution in [3.8, 4) is 11.5 Å². The molecule has 5 rings (SSSR count). The molecule has 7 nitrogen and oxygen atoms in total. The molecule has 28 heavy (non-hydrogen) atoms. The summed E-state index contributed by atoms with van der Waals surface area (Å²) in [4.78, 5) is 11.8. The molecule has 0 radical (unpaired) electrons. The molecule has 0 spiro atoms. The molecular formula is C21H22N4O3. The molecule has 2 aliphatic rings. The Morgan fingerprint density at radius 1 is 1.00 bits per heavy atom. The highest BCUT2D eigenvalue weighted by atomic mass is 16.7. The molecule has 144 valence electrons. The second kappa shape index (κ2) is 7.61. The fourth-order valence-electron chi connectivity index (χ4n) is 3.57. The van der Waals surface area contributed by atoms with E-state index in [0.717, 1.165) is 67.5 Å². The number of nitrogens with zero attached hydrogens (tertiary/aromatic N) is 4. The molecule has 0 amide bonds. The van der Waals surface area contributed by atoms with Crippen LogP contribution in [0.25, 0.3) is 11.0 Å². The summed E-state index contributed by atoms with van der Waals surface area (Å²) in [6.07, 6.45) is 1.83. The van der Waals surface area contributed by atoms with E-state index in [2.05, 4.69) is 15.5 Å². The fourth-order valence-corrected chi connectivity index (χ4v) is 3.57. The zero-order valence-corrected chi connectivity index (χ0v) is 15.6. The molecule has 2 aliphatic heterocycles. The minimum Gasteiger partial charge on any atom is -0.454 e. The van der Waals surface area contributed by atoms with Crippen molar-refractivity contribution in [2.24, 2.45) is 4.99 Å². The number of rotatable bonds is 5. The topological polar surface area (TPSA) is 61.1 Å². The third kappa shape index (κ3) is 3.46. The molecular weight excluding hydrogens is 356 g/mol. The number of aliphatic imine (C=N–C) groups is 1. The summed E-state index contributed by atoms with van der Waals surface area (Å²) < 4.78 is 18.5. The number of ether oxygens (including phenoxy) is 3. The number of morpholine rings is 1. The molecule has 1 aromatic heterocycles. The van der Waals surface area contributed by atoms with E-state index in [1.54, 1.807) is 0 Å². The Morgan fingerprint density at radius 2 is 1.86 bits per heavy atom. The van der Waals surface area contributed by atoms with Crippen LogP contribution in [-0.2, 0) is 11.3 Å². The molecule has 7 heteroatoms. The summed E-state index contributed by atoms with van der Waals surface area (Å²) in [5.41, 5.74) is 3.02. The van der Waals surface area contributed by atoms with E-state index in [-0.39, 0.29) is 6.79 Å². The van der Waals surface area contributed by atoms with Crippen LogP contribution < -0.4 is 9.47 Å². The van der Waals surface area contributed by atoms with Gasteiger partial charge < -0.3 is 18.8 Å². The Labute approximate surface area is 163 Å². The summed E-state index contributed by atoms with van der Waals surface area (Å²) in [5.74, 6) is 2.24. The van der Waals surface area contributed by atoms with Gasteiger partial charge in [0.2, 0.25) is 12.7 Å². The van der Waals surface area contributed by atoms with E-state index in [4.69, 9.17) is 24.2 Å². The van der Waals surface area contributed by atoms with Gasteiger partial charge in [0.25, 0.3) is 0 Å². The van der Waals surface area contributed by atoms with Gasteiger partial charge in [0.15, 0.2) is 11.5 Å². The van der Waals surface area contributed by atoms with Crippen LogP contribution in [0, 0.1) is 0 Å². The number of imidazole rings is 1. The number of fused-ring (bicyclic) bond motifs is 2. The minimum absolute atomic E-state index is 0.271. The van der Waals surface area contributed by atoms with Gasteiger partial charge in [-0.3, -0.25) is 4.90 Å². The first kappa shape index (κ1) is 17.2. The SMILES string of the molecule is C(=Nc1nc2ccccc2n1CCN1CCOCC1)c1ccc2c(c1)OCO2. The number of hydrogen-bond acceptors (Lipinski definition) is 6. The van der Waals surface area contributed by atoms with Crippen molar-refractivity contribution in [2.45, 2.75) is 6.54 Å². The lowest BCUT2D eigenvalue weighted by molar-refractivity contribution is 0.0366. The fraction of sp³-hybridized carbons (Fsp3) is 0.333. The van der Waals surface area contributed by atoms with Crippen LogP contribution in [0.4, 0.5) is 5.95 Å². The van der Waals surface area contributed by atoms with Gasteiger partial charge in [-0.25, -0.2) is 9.98 Å². The average Bonchev–Trinajstić information content (AvgIpc) is 3.35. The first-order valence-electron chi connectivity index (χ1n) is 9.56. The summed E-state index contributed by atoms with van der Waals surface area (Å²) in [5, 5.41) is 0. The standard InChI is InChI=1S/C21H22N4O3/c1-2-4-18-17(3-1)23-21(25(18)8-7-24-9-11-26-12-10-24)22-14-16-5-6-19-20(13-16)28-15-27-19/h1-6,13-14H,7-12,15H2. The molecule has 3 heterocycles. The van der Waals surface area contributed by atoms with Crippen molar-refractivity contribution in [3.63, 3.8) is 0 Å². The molecule has 3 aromatic rings. The van der Waals surface area contributed by atoms with Crippen LogP contribution in [0.5, 0.6) is 11.5 Å². The molecule has 0 N–H and O–H groups in total. The van der Waals surface area contributed by atoms with Crippen LogP contribution in [0.1, 0.15) is 5.56 Å². The third-order valence-electron chi connectivity index (χ3n) is 5.10. The quantitative estimate of drug-likeness (QED) is 0.639. The van der Waals surface area contributed by atoms with Gasteiger partial charge >= 0.3 is 0 Å². The minimum atomic E-state index is 0.271. The zero-order chi connectivity index (χ0) is 18.8. The number of aromatic nitrogens is 2. The summed E-state index contributed by atoms with van der Waals surface area (Å²) in [6.45, 7) is 5.63. The van der Waals surface area contributed by atoms with E-state index in [0.29, 0.717) is 5.95 Å². The summed E-state index contributed by atoms with van der Waals surface area (Å²) in [7, 11) is 0. The van der Waals surface area contributed by atoms with E-state index in [1.165, 1.54) is 0 Å². The second-order valence-electron chi connectivity index (χ2n) is 6.88. The predicted molar refractivity (Wildman–Crippen MR) is 107 cm³/mol. The number of para-hydroxylation sites is 2. The maximum absolute atomic E-state index is 5.45. The van der Waals surface area contributed by atoms with Gasteiger partial charge in [-0.1, -0.05) is 12.1 Å². The first-order chi connectivity index (χ1) is 13.9. The lowest BCUT2D eigenvalue weighted by Crippen LogP contribution is -2.38. The Kier molecular flexibility index (Phi) is 4.68. The third-order valence-corrected chi connectivity index (χ3v) is 5.10. The monoisotopic (exact) mass is 378 g/mol. The molecule has 0 unspecified atom stereocenters. The first-order valence-corrected chi connectivity index (χ1v) is 9.56. The van der Waals surface area contributed by atoms with Gasteiger partial charge in [0.1, 0.15) is 0 Å². The van der Waals surface area contributed by atoms with E-state index in [9.17, 15) is 0 Å². The highest BCUT2D eigenvalue weighted by molar-refractivity contribution is 5.84. The van der Waals surface area contributed by atoms with E-state index < -0.39 is 0 Å². The van der Waals surface area contributed by atoms with Crippen LogP contribution in [0.2, 0.25) is 0 Å². The maximum Gasteiger partial charge on any atom is 0.231 e. The Hall–Kier alpha value is -2.90. The second-order valence-corrected chi connectivity index (χ2v) is 6.88. The van der Waals surface area contributed by atoms with Crippen LogP contribution in [0.15, 0.2) is 47.5 Å². The molecule has 0 atom stereocenters. The van der Waals surface area contributed by atoms with E-state index >= 15 is 0 Å². The predicted octanol–water partition coefficient (Wildman–Crippen LogP) is 2.85. The molecule has 0 bridgehead atoms. The van der Waals surface area contributed by atoms with Gasteiger partial charge in [0, 0.05) is 32.4 Å². The Balaban J connectivity index is 1.41. The molecule has 2 aromatic carbocycles. The normalized spacial score (nSPS) is 17.0. The van der Waals surface area contributed by atoms with Gasteiger partial charge in [0.05, 0.1) is 24.2 Å². The molecule has 0 saturated carbocycles. The van der Waals surface area contributed by atoms with Crippen molar-refractivity contribution in [2.75, 3.05) is 39.6 Å². The van der Waals surface area contributed by atoms with Crippen molar-refractivity contribution >= 4 is 23.2 Å². The van der Waals surface area contributed by atoms with Crippen molar-refractivity contribution in [1.29, 1.82) is 0 Å². The smallest absolute Gasteiger partial charge is 0.231 e. The Morgan fingerprint density at radius 3 is 2.79 bits per heavy atom. The Bertz CT molecular complexity index is 1010. The maximum atomic E-state index is 5.45. The molecule has 1 fully saturated rings. The zero-order valence-electron chi connectivity index (χ0n) is 15.6. The van der Waals surface area contributed by atoms with Crippen molar-refractivity contribution in [3.05, 3.63) is 48.0 Å². The van der Waals surface area contributed by atoms with Crippen LogP contribution in [-0.4, -0.2) is 60.3 Å². The number of hydrogen-bond donors (Lipinski definition) is 0. The molecule has 1 saturated heterocycles. The lowest BCUT2D eigenvalue weighted by atomic mass is 10.2. The highest BCUT2D eigenvalue weighted by Crippen LogP contribution is 2.32. The van der Waals surface area contributed by atoms with Crippen molar-refractivity contribution in [1.82, 2.24) is 14.5 Å². The van der Waals surface area contributed by atoms with Gasteiger partial charge in [-0.2, -0.15) is 0 Å². The summed E-state index contributed by atoms with van der Waals surface area (Å²) in [6, 6.07) is 14.0. The van der Waals surface area contributed by atoms with E-state index in [1.807, 2.05) is 42.6 Å². The number of benzene rings is 2. The lowest BCUT2D eigenvalue weighted by Gasteiger charge is -2.26.